The fraction of sp³-hybridized carbons (Fsp3) is 0.483. The number of esters is 2. The minimum atomic E-state index is -2.35. The molecule has 0 bridgehead atoms. The van der Waals surface area contributed by atoms with Gasteiger partial charge in [-0.15, -0.1) is 6.42 Å². The van der Waals surface area contributed by atoms with Gasteiger partial charge in [-0.3, -0.25) is 4.57 Å². The molecule has 1 aromatic carbocycles. The molecule has 14 nitrogen and oxygen atoms in total. The van der Waals surface area contributed by atoms with Crippen molar-refractivity contribution in [1.29, 1.82) is 0 Å². The number of anilines is 1. The van der Waals surface area contributed by atoms with Gasteiger partial charge in [-0.25, -0.2) is 14.6 Å². The third-order valence-corrected chi connectivity index (χ3v) is 7.20. The molecule has 0 amide bonds. The summed E-state index contributed by atoms with van der Waals surface area (Å²) in [6.45, 7) is 2.74. The number of halogens is 1. The van der Waals surface area contributed by atoms with E-state index in [0.29, 0.717) is 18.5 Å². The number of nitrogens with one attached hydrogen (secondary N) is 1. The molecule has 15 heteroatoms. The lowest BCUT2D eigenvalue weighted by Crippen LogP contribution is -2.56. The molecule has 1 saturated heterocycles. The number of terminal acetylenes is 1. The van der Waals surface area contributed by atoms with Crippen LogP contribution in [0.5, 0.6) is 0 Å². The van der Waals surface area contributed by atoms with Crippen molar-refractivity contribution in [2.75, 3.05) is 38.3 Å². The van der Waals surface area contributed by atoms with Crippen LogP contribution in [0.25, 0.3) is 11.2 Å². The molecule has 2 aromatic heterocycles. The van der Waals surface area contributed by atoms with Crippen molar-refractivity contribution in [3.8, 4) is 12.3 Å². The fourth-order valence-corrected chi connectivity index (χ4v) is 4.96. The Morgan fingerprint density at radius 1 is 1.20 bits per heavy atom. The van der Waals surface area contributed by atoms with E-state index in [0.717, 1.165) is 0 Å². The van der Waals surface area contributed by atoms with E-state index < -0.39 is 48.2 Å². The van der Waals surface area contributed by atoms with Crippen molar-refractivity contribution in [3.63, 3.8) is 0 Å². The maximum atomic E-state index is 13.3. The van der Waals surface area contributed by atoms with E-state index in [2.05, 4.69) is 26.2 Å². The fourth-order valence-electron chi connectivity index (χ4n) is 4.80. The van der Waals surface area contributed by atoms with Gasteiger partial charge in [-0.1, -0.05) is 36.3 Å². The minimum Gasteiger partial charge on any atom is -0.463 e. The minimum absolute atomic E-state index is 0.0431. The van der Waals surface area contributed by atoms with Gasteiger partial charge in [-0.05, 0) is 37.4 Å². The number of hydrogen-bond donors (Lipinski definition) is 4. The maximum Gasteiger partial charge on any atom is 0.350 e. The molecular weight excluding hydrogens is 598 g/mol. The van der Waals surface area contributed by atoms with Crippen molar-refractivity contribution in [3.05, 3.63) is 47.5 Å². The molecule has 1 aliphatic rings. The van der Waals surface area contributed by atoms with Gasteiger partial charge in [0.05, 0.1) is 26.1 Å². The number of aliphatic hydroxyl groups excluding tert-OH is 2. The Morgan fingerprint density at radius 3 is 2.50 bits per heavy atom. The number of carbonyl (C=O) groups excluding carboxylic acids is 2. The van der Waals surface area contributed by atoms with E-state index in [1.165, 1.54) is 10.9 Å². The van der Waals surface area contributed by atoms with Crippen LogP contribution in [0, 0.1) is 12.3 Å². The van der Waals surface area contributed by atoms with Crippen LogP contribution in [0.4, 0.5) is 5.82 Å². The van der Waals surface area contributed by atoms with Crippen LogP contribution >= 0.6 is 11.6 Å². The van der Waals surface area contributed by atoms with Crippen molar-refractivity contribution in [2.45, 2.75) is 56.3 Å². The second-order valence-corrected chi connectivity index (χ2v) is 10.2. The summed E-state index contributed by atoms with van der Waals surface area (Å²) >= 11 is 6.15. The zero-order chi connectivity index (χ0) is 31.9. The normalized spacial score (nSPS) is 21.6. The molecule has 0 saturated carbocycles. The van der Waals surface area contributed by atoms with Gasteiger partial charge in [0.1, 0.15) is 12.2 Å². The Balaban J connectivity index is 1.68. The average Bonchev–Trinajstić information content (AvgIpc) is 3.54. The monoisotopic (exact) mass is 631 g/mol. The van der Waals surface area contributed by atoms with E-state index in [9.17, 15) is 19.8 Å². The molecule has 1 fully saturated rings. The summed E-state index contributed by atoms with van der Waals surface area (Å²) in [6.07, 6.45) is 2.63. The highest BCUT2D eigenvalue weighted by Crippen LogP contribution is 2.40. The number of carbonyl (C=O) groups is 2. The molecule has 0 spiro atoms. The second-order valence-electron chi connectivity index (χ2n) is 9.84. The van der Waals surface area contributed by atoms with Gasteiger partial charge in [-0.2, -0.15) is 9.97 Å². The summed E-state index contributed by atoms with van der Waals surface area (Å²) in [7, 11) is 0. The van der Waals surface area contributed by atoms with Crippen LogP contribution in [-0.2, 0) is 35.0 Å². The molecule has 4 atom stereocenters. The smallest absolute Gasteiger partial charge is 0.350 e. The molecule has 1 aliphatic heterocycles. The topological polar surface area (TPSA) is 187 Å². The van der Waals surface area contributed by atoms with E-state index in [1.807, 2.05) is 0 Å². The molecule has 3 aromatic rings. The van der Waals surface area contributed by atoms with Gasteiger partial charge >= 0.3 is 11.9 Å². The Kier molecular flexibility index (Phi) is 10.7. The number of aliphatic hydroxyl groups is 3. The molecule has 0 radical (unpaired) electrons. The lowest BCUT2D eigenvalue weighted by molar-refractivity contribution is -0.198. The first-order chi connectivity index (χ1) is 21.1. The highest BCUT2D eigenvalue weighted by atomic mass is 35.5. The van der Waals surface area contributed by atoms with E-state index >= 15 is 0 Å². The van der Waals surface area contributed by atoms with E-state index in [-0.39, 0.29) is 48.5 Å². The zero-order valence-corrected chi connectivity index (χ0v) is 24.9. The van der Waals surface area contributed by atoms with Crippen LogP contribution < -0.4 is 5.32 Å². The third-order valence-electron chi connectivity index (χ3n) is 7.03. The van der Waals surface area contributed by atoms with E-state index in [1.54, 1.807) is 44.2 Å². The lowest BCUT2D eigenvalue weighted by atomic mass is 9.91. The Labute approximate surface area is 258 Å². The van der Waals surface area contributed by atoms with Crippen LogP contribution in [0.1, 0.15) is 32.1 Å². The molecule has 0 aliphatic carbocycles. The third kappa shape index (κ3) is 6.48. The summed E-state index contributed by atoms with van der Waals surface area (Å²) in [6, 6.07) is 8.63. The first kappa shape index (κ1) is 33.1. The molecule has 44 heavy (non-hydrogen) atoms. The number of imidazole rings is 1. The van der Waals surface area contributed by atoms with Crippen LogP contribution in [0.15, 0.2) is 36.7 Å². The van der Waals surface area contributed by atoms with Crippen molar-refractivity contribution in [2.24, 2.45) is 0 Å². The van der Waals surface area contributed by atoms with Crippen LogP contribution in [0.3, 0.4) is 0 Å². The highest BCUT2D eigenvalue weighted by molar-refractivity contribution is 6.28. The van der Waals surface area contributed by atoms with Gasteiger partial charge in [0.2, 0.25) is 5.28 Å². The largest absolute Gasteiger partial charge is 0.463 e. The standard InChI is InChI=1S/C29H34ClN5O9/c1-4-28(40)19(16-43-29(25(38)41-5-2,26(39)42-6-3)15-18-11-8-7-9-12-18)44-24(21(28)37)35-17-32-20-22(31-13-10-14-36)33-27(30)34-23(20)35/h1,7-9,11-12,17,19,21,24,36-37,40H,5-6,10,13-16H2,2-3H3,(H,31,33,34)/t19-,21+,24-,28-/m1/s1. The molecule has 4 N–H and O–H groups in total. The van der Waals surface area contributed by atoms with Crippen molar-refractivity contribution >= 4 is 40.5 Å². The summed E-state index contributed by atoms with van der Waals surface area (Å²) in [5, 5.41) is 34.7. The Bertz CT molecular complexity index is 1480. The number of aromatic nitrogens is 4. The molecule has 236 valence electrons. The number of fused-ring (bicyclic) bond motifs is 1. The number of ether oxygens (including phenoxy) is 4. The number of nitrogens with zero attached hydrogens (tertiary/aromatic N) is 4. The second kappa shape index (κ2) is 14.3. The van der Waals surface area contributed by atoms with Crippen LogP contribution in [0.2, 0.25) is 5.28 Å². The Hall–Kier alpha value is -3.84. The van der Waals surface area contributed by atoms with Crippen molar-refractivity contribution < 1.29 is 43.9 Å². The molecule has 3 heterocycles. The lowest BCUT2D eigenvalue weighted by Gasteiger charge is -2.32. The number of hydrogen-bond acceptors (Lipinski definition) is 13. The molecule has 4 rings (SSSR count). The zero-order valence-electron chi connectivity index (χ0n) is 24.2. The number of benzene rings is 1. The highest BCUT2D eigenvalue weighted by Gasteiger charge is 2.58. The molecular formula is C29H34ClN5O9. The maximum absolute atomic E-state index is 13.3. The van der Waals surface area contributed by atoms with Gasteiger partial charge in [0.25, 0.3) is 5.60 Å². The first-order valence-corrected chi connectivity index (χ1v) is 14.3. The van der Waals surface area contributed by atoms with E-state index in [4.69, 9.17) is 42.1 Å². The average molecular weight is 632 g/mol. The van der Waals surface area contributed by atoms with Gasteiger partial charge < -0.3 is 39.6 Å². The van der Waals surface area contributed by atoms with Crippen molar-refractivity contribution in [1.82, 2.24) is 19.5 Å². The SMILES string of the molecule is C#C[C@@]1(O)[C@@H](COC(Cc2ccccc2)(C(=O)OCC)C(=O)OCC)O[C@@H](n2cnc3c(NCCCO)nc(Cl)nc32)[C@@H]1O. The Morgan fingerprint density at radius 2 is 1.89 bits per heavy atom. The van der Waals surface area contributed by atoms with Crippen LogP contribution in [-0.4, -0.2) is 103 Å². The molecule has 0 unspecified atom stereocenters. The van der Waals surface area contributed by atoms with Gasteiger partial charge in [0.15, 0.2) is 28.8 Å². The first-order valence-electron chi connectivity index (χ1n) is 14.0. The summed E-state index contributed by atoms with van der Waals surface area (Å²) < 4.78 is 23.8. The summed E-state index contributed by atoms with van der Waals surface area (Å²) in [4.78, 5) is 39.3. The van der Waals surface area contributed by atoms with Gasteiger partial charge in [0, 0.05) is 19.6 Å². The predicted octanol–water partition coefficient (Wildman–Crippen LogP) is 1.02. The quantitative estimate of drug-likeness (QED) is 0.0650. The number of rotatable bonds is 14. The summed E-state index contributed by atoms with van der Waals surface area (Å²) in [5.74, 6) is 0.441. The summed E-state index contributed by atoms with van der Waals surface area (Å²) in [5.41, 5.74) is -3.64. The predicted molar refractivity (Wildman–Crippen MR) is 156 cm³/mol.